The Morgan fingerprint density at radius 1 is 1.17 bits per heavy atom. The minimum absolute atomic E-state index is 1.07. The molecule has 0 unspecified atom stereocenters. The lowest BCUT2D eigenvalue weighted by Crippen LogP contribution is -2.46. The van der Waals surface area contributed by atoms with Crippen molar-refractivity contribution in [1.82, 2.24) is 9.80 Å². The molecular formula is C16H26N2. The van der Waals surface area contributed by atoms with Crippen LogP contribution in [-0.4, -0.2) is 42.5 Å². The van der Waals surface area contributed by atoms with E-state index in [1.165, 1.54) is 56.8 Å². The fourth-order valence-electron chi connectivity index (χ4n) is 2.67. The van der Waals surface area contributed by atoms with Gasteiger partial charge >= 0.3 is 0 Å². The van der Waals surface area contributed by atoms with Crippen LogP contribution >= 0.6 is 0 Å². The third-order valence-electron chi connectivity index (χ3n) is 3.90. The summed E-state index contributed by atoms with van der Waals surface area (Å²) in [4.78, 5) is 5.15. The molecule has 0 aromatic rings. The summed E-state index contributed by atoms with van der Waals surface area (Å²) in [6, 6.07) is 0. The number of hydrogen-bond acceptors (Lipinski definition) is 2. The highest BCUT2D eigenvalue weighted by atomic mass is 15.3. The molecule has 0 atom stereocenters. The van der Waals surface area contributed by atoms with Crippen LogP contribution in [0, 0.1) is 0 Å². The Hall–Kier alpha value is -1.02. The number of hydrogen-bond donors (Lipinski definition) is 0. The first-order valence-electron chi connectivity index (χ1n) is 7.32. The Balaban J connectivity index is 1.89. The zero-order chi connectivity index (χ0) is 12.8. The van der Waals surface area contributed by atoms with Gasteiger partial charge in [-0.1, -0.05) is 31.6 Å². The summed E-state index contributed by atoms with van der Waals surface area (Å²) >= 11 is 0. The standard InChI is InChI=1S/C16H26N2/c1-3-4-10-17-11-13-18(14-12-17)16-9-7-5-6-8-15(16)2/h5,7-9H,3-4,6,10-14H2,1-2H3. The van der Waals surface area contributed by atoms with Crippen LogP contribution in [0.15, 0.2) is 35.6 Å². The summed E-state index contributed by atoms with van der Waals surface area (Å²) in [5.74, 6) is 0. The highest BCUT2D eigenvalue weighted by molar-refractivity contribution is 5.34. The lowest BCUT2D eigenvalue weighted by Gasteiger charge is -2.37. The van der Waals surface area contributed by atoms with Gasteiger partial charge < -0.3 is 4.90 Å². The molecular weight excluding hydrogens is 220 g/mol. The maximum absolute atomic E-state index is 2.60. The first-order chi connectivity index (χ1) is 8.81. The van der Waals surface area contributed by atoms with Crippen molar-refractivity contribution in [3.8, 4) is 0 Å². The van der Waals surface area contributed by atoms with Gasteiger partial charge in [0.2, 0.25) is 0 Å². The van der Waals surface area contributed by atoms with Gasteiger partial charge in [-0.05, 0) is 38.0 Å². The molecule has 0 radical (unpaired) electrons. The van der Waals surface area contributed by atoms with Crippen molar-refractivity contribution in [2.45, 2.75) is 33.1 Å². The van der Waals surface area contributed by atoms with Gasteiger partial charge in [-0.25, -0.2) is 0 Å². The average Bonchev–Trinajstić information content (AvgIpc) is 2.62. The van der Waals surface area contributed by atoms with Crippen LogP contribution in [0.1, 0.15) is 33.1 Å². The summed E-state index contributed by atoms with van der Waals surface area (Å²) in [5.41, 5.74) is 2.86. The topological polar surface area (TPSA) is 6.48 Å². The minimum Gasteiger partial charge on any atom is -0.369 e. The molecule has 1 heterocycles. The lowest BCUT2D eigenvalue weighted by molar-refractivity contribution is 0.159. The van der Waals surface area contributed by atoms with E-state index in [1.807, 2.05) is 0 Å². The van der Waals surface area contributed by atoms with E-state index >= 15 is 0 Å². The van der Waals surface area contributed by atoms with Gasteiger partial charge in [0.1, 0.15) is 0 Å². The lowest BCUT2D eigenvalue weighted by atomic mass is 10.1. The molecule has 0 N–H and O–H groups in total. The van der Waals surface area contributed by atoms with Crippen molar-refractivity contribution in [2.75, 3.05) is 32.7 Å². The second kappa shape index (κ2) is 6.79. The predicted octanol–water partition coefficient (Wildman–Crippen LogP) is 3.19. The molecule has 1 aliphatic carbocycles. The van der Waals surface area contributed by atoms with E-state index in [2.05, 4.69) is 48.0 Å². The van der Waals surface area contributed by atoms with E-state index in [4.69, 9.17) is 0 Å². The van der Waals surface area contributed by atoms with Crippen molar-refractivity contribution in [3.05, 3.63) is 35.6 Å². The molecule has 0 amide bonds. The molecule has 0 spiro atoms. The van der Waals surface area contributed by atoms with Crippen LogP contribution in [0.5, 0.6) is 0 Å². The van der Waals surface area contributed by atoms with Crippen molar-refractivity contribution < 1.29 is 0 Å². The quantitative estimate of drug-likeness (QED) is 0.751. The van der Waals surface area contributed by atoms with Gasteiger partial charge in [-0.3, -0.25) is 4.90 Å². The van der Waals surface area contributed by atoms with Crippen LogP contribution in [0.25, 0.3) is 0 Å². The predicted molar refractivity (Wildman–Crippen MR) is 78.5 cm³/mol. The van der Waals surface area contributed by atoms with Gasteiger partial charge in [0.15, 0.2) is 0 Å². The molecule has 2 heteroatoms. The van der Waals surface area contributed by atoms with Gasteiger partial charge in [0.05, 0.1) is 0 Å². The number of allylic oxidation sites excluding steroid dienone is 5. The maximum Gasteiger partial charge on any atom is 0.0393 e. The van der Waals surface area contributed by atoms with Crippen LogP contribution in [0.3, 0.4) is 0 Å². The smallest absolute Gasteiger partial charge is 0.0393 e. The summed E-state index contributed by atoms with van der Waals surface area (Å²) in [6.07, 6.45) is 12.8. The molecule has 1 saturated heterocycles. The largest absolute Gasteiger partial charge is 0.369 e. The molecule has 0 aromatic carbocycles. The SMILES string of the molecule is CCCCN1CCN(C2=CC=CCC=C2C)CC1. The van der Waals surface area contributed by atoms with E-state index in [0.717, 1.165) is 6.42 Å². The Kier molecular flexibility index (Phi) is 5.06. The summed E-state index contributed by atoms with van der Waals surface area (Å²) in [7, 11) is 0. The first-order valence-corrected chi connectivity index (χ1v) is 7.32. The highest BCUT2D eigenvalue weighted by Crippen LogP contribution is 2.20. The van der Waals surface area contributed by atoms with E-state index in [9.17, 15) is 0 Å². The molecule has 2 aliphatic rings. The van der Waals surface area contributed by atoms with Crippen molar-refractivity contribution >= 4 is 0 Å². The van der Waals surface area contributed by atoms with E-state index in [-0.39, 0.29) is 0 Å². The Morgan fingerprint density at radius 2 is 1.94 bits per heavy atom. The molecule has 1 aliphatic heterocycles. The molecule has 0 saturated carbocycles. The fourth-order valence-corrected chi connectivity index (χ4v) is 2.67. The Labute approximate surface area is 112 Å². The molecule has 18 heavy (non-hydrogen) atoms. The van der Waals surface area contributed by atoms with Crippen molar-refractivity contribution in [1.29, 1.82) is 0 Å². The van der Waals surface area contributed by atoms with Crippen LogP contribution in [0.2, 0.25) is 0 Å². The van der Waals surface area contributed by atoms with Crippen LogP contribution in [-0.2, 0) is 0 Å². The molecule has 1 fully saturated rings. The number of unbranched alkanes of at least 4 members (excludes halogenated alkanes) is 1. The summed E-state index contributed by atoms with van der Waals surface area (Å²) in [6.45, 7) is 10.6. The van der Waals surface area contributed by atoms with Crippen LogP contribution in [0.4, 0.5) is 0 Å². The zero-order valence-electron chi connectivity index (χ0n) is 11.9. The molecule has 100 valence electrons. The zero-order valence-corrected chi connectivity index (χ0v) is 11.9. The Bertz CT molecular complexity index is 344. The Morgan fingerprint density at radius 3 is 2.67 bits per heavy atom. The third-order valence-corrected chi connectivity index (χ3v) is 3.90. The second-order valence-corrected chi connectivity index (χ2v) is 5.29. The van der Waals surface area contributed by atoms with Crippen molar-refractivity contribution in [2.24, 2.45) is 0 Å². The number of nitrogens with zero attached hydrogens (tertiary/aromatic N) is 2. The number of rotatable bonds is 4. The summed E-state index contributed by atoms with van der Waals surface area (Å²) in [5, 5.41) is 0. The molecule has 0 bridgehead atoms. The third kappa shape index (κ3) is 3.49. The molecule has 2 rings (SSSR count). The highest BCUT2D eigenvalue weighted by Gasteiger charge is 2.18. The molecule has 0 aromatic heterocycles. The summed E-state index contributed by atoms with van der Waals surface area (Å²) < 4.78 is 0. The van der Waals surface area contributed by atoms with E-state index < -0.39 is 0 Å². The van der Waals surface area contributed by atoms with E-state index in [1.54, 1.807) is 0 Å². The second-order valence-electron chi connectivity index (χ2n) is 5.29. The van der Waals surface area contributed by atoms with Gasteiger partial charge in [-0.2, -0.15) is 0 Å². The molecule has 2 nitrogen and oxygen atoms in total. The van der Waals surface area contributed by atoms with E-state index in [0.29, 0.717) is 0 Å². The maximum atomic E-state index is 2.60. The fraction of sp³-hybridized carbons (Fsp3) is 0.625. The van der Waals surface area contributed by atoms with Crippen LogP contribution < -0.4 is 0 Å². The normalized spacial score (nSPS) is 21.6. The van der Waals surface area contributed by atoms with Gasteiger partial charge in [-0.15, -0.1) is 0 Å². The minimum atomic E-state index is 1.07. The van der Waals surface area contributed by atoms with Crippen molar-refractivity contribution in [3.63, 3.8) is 0 Å². The average molecular weight is 246 g/mol. The number of piperazine rings is 1. The first kappa shape index (κ1) is 13.4. The van der Waals surface area contributed by atoms with Gasteiger partial charge in [0, 0.05) is 31.9 Å². The monoisotopic (exact) mass is 246 g/mol. The van der Waals surface area contributed by atoms with Gasteiger partial charge in [0.25, 0.3) is 0 Å².